The van der Waals surface area contributed by atoms with Crippen LogP contribution in [0.5, 0.6) is 0 Å². The SMILES string of the molecule is CC(=O)Nc1ccc(/C=C/C(=O)NCC(O)c2ccccc2C)cc1. The van der Waals surface area contributed by atoms with Gasteiger partial charge in [-0.05, 0) is 41.8 Å². The zero-order valence-corrected chi connectivity index (χ0v) is 14.3. The number of benzene rings is 2. The second-order valence-electron chi connectivity index (χ2n) is 5.75. The molecule has 0 aliphatic carbocycles. The number of aliphatic hydroxyl groups is 1. The van der Waals surface area contributed by atoms with E-state index in [0.29, 0.717) is 5.69 Å². The number of hydrogen-bond acceptors (Lipinski definition) is 3. The van der Waals surface area contributed by atoms with E-state index in [1.165, 1.54) is 13.0 Å². The van der Waals surface area contributed by atoms with Gasteiger partial charge in [0, 0.05) is 25.2 Å². The summed E-state index contributed by atoms with van der Waals surface area (Å²) in [7, 11) is 0. The maximum atomic E-state index is 11.9. The van der Waals surface area contributed by atoms with Gasteiger partial charge in [0.15, 0.2) is 0 Å². The Hall–Kier alpha value is -2.92. The van der Waals surface area contributed by atoms with Crippen molar-refractivity contribution < 1.29 is 14.7 Å². The zero-order chi connectivity index (χ0) is 18.2. The van der Waals surface area contributed by atoms with Gasteiger partial charge < -0.3 is 15.7 Å². The van der Waals surface area contributed by atoms with Crippen LogP contribution in [0.15, 0.2) is 54.6 Å². The van der Waals surface area contributed by atoms with Gasteiger partial charge in [0.2, 0.25) is 11.8 Å². The third-order valence-corrected chi connectivity index (χ3v) is 3.68. The monoisotopic (exact) mass is 338 g/mol. The molecule has 0 saturated carbocycles. The molecule has 0 fully saturated rings. The number of carbonyl (C=O) groups excluding carboxylic acids is 2. The summed E-state index contributed by atoms with van der Waals surface area (Å²) in [5, 5.41) is 15.5. The van der Waals surface area contributed by atoms with Crippen LogP contribution in [0.1, 0.15) is 29.7 Å². The molecule has 2 rings (SSSR count). The van der Waals surface area contributed by atoms with Gasteiger partial charge in [-0.15, -0.1) is 0 Å². The van der Waals surface area contributed by atoms with Crippen LogP contribution in [-0.4, -0.2) is 23.5 Å². The van der Waals surface area contributed by atoms with E-state index in [2.05, 4.69) is 10.6 Å². The van der Waals surface area contributed by atoms with Gasteiger partial charge in [-0.1, -0.05) is 36.4 Å². The summed E-state index contributed by atoms with van der Waals surface area (Å²) in [5.74, 6) is -0.409. The number of amides is 2. The molecule has 0 spiro atoms. The van der Waals surface area contributed by atoms with E-state index < -0.39 is 6.10 Å². The second-order valence-corrected chi connectivity index (χ2v) is 5.75. The first-order valence-electron chi connectivity index (χ1n) is 8.03. The summed E-state index contributed by atoms with van der Waals surface area (Å²) in [6.07, 6.45) is 2.35. The smallest absolute Gasteiger partial charge is 0.244 e. The summed E-state index contributed by atoms with van der Waals surface area (Å²) in [6.45, 7) is 3.52. The largest absolute Gasteiger partial charge is 0.387 e. The van der Waals surface area contributed by atoms with Gasteiger partial charge in [-0.2, -0.15) is 0 Å². The van der Waals surface area contributed by atoms with Crippen LogP contribution in [0, 0.1) is 6.92 Å². The highest BCUT2D eigenvalue weighted by Gasteiger charge is 2.10. The third-order valence-electron chi connectivity index (χ3n) is 3.68. The highest BCUT2D eigenvalue weighted by atomic mass is 16.3. The van der Waals surface area contributed by atoms with E-state index in [0.717, 1.165) is 16.7 Å². The first-order valence-corrected chi connectivity index (χ1v) is 8.03. The van der Waals surface area contributed by atoms with Crippen molar-refractivity contribution in [1.82, 2.24) is 5.32 Å². The predicted molar refractivity (Wildman–Crippen MR) is 98.9 cm³/mol. The Morgan fingerprint density at radius 2 is 1.80 bits per heavy atom. The average Bonchev–Trinajstić information content (AvgIpc) is 2.59. The number of rotatable bonds is 6. The Morgan fingerprint density at radius 1 is 1.12 bits per heavy atom. The van der Waals surface area contributed by atoms with Crippen LogP contribution < -0.4 is 10.6 Å². The van der Waals surface area contributed by atoms with Crippen LogP contribution in [0.25, 0.3) is 6.08 Å². The Morgan fingerprint density at radius 3 is 2.44 bits per heavy atom. The Labute approximate surface area is 147 Å². The van der Waals surface area contributed by atoms with E-state index in [4.69, 9.17) is 0 Å². The fourth-order valence-corrected chi connectivity index (χ4v) is 2.38. The lowest BCUT2D eigenvalue weighted by atomic mass is 10.0. The normalized spacial score (nSPS) is 12.0. The van der Waals surface area contributed by atoms with Crippen molar-refractivity contribution in [2.45, 2.75) is 20.0 Å². The van der Waals surface area contributed by atoms with E-state index in [1.54, 1.807) is 30.3 Å². The molecule has 1 atom stereocenters. The molecular weight excluding hydrogens is 316 g/mol. The van der Waals surface area contributed by atoms with Crippen molar-refractivity contribution >= 4 is 23.6 Å². The number of hydrogen-bond donors (Lipinski definition) is 3. The molecule has 5 heteroatoms. The molecule has 5 nitrogen and oxygen atoms in total. The number of aryl methyl sites for hydroxylation is 1. The summed E-state index contributed by atoms with van der Waals surface area (Å²) in [6, 6.07) is 14.7. The molecular formula is C20H22N2O3. The molecule has 2 amide bonds. The predicted octanol–water partition coefficient (Wildman–Crippen LogP) is 2.82. The first kappa shape index (κ1) is 18.4. The first-order chi connectivity index (χ1) is 12.0. The number of aliphatic hydroxyl groups excluding tert-OH is 1. The van der Waals surface area contributed by atoms with Crippen molar-refractivity contribution in [1.29, 1.82) is 0 Å². The Bertz CT molecular complexity index is 767. The Balaban J connectivity index is 1.86. The summed E-state index contributed by atoms with van der Waals surface area (Å²) in [4.78, 5) is 22.8. The molecule has 0 radical (unpaired) electrons. The molecule has 0 heterocycles. The van der Waals surface area contributed by atoms with Gasteiger partial charge in [-0.3, -0.25) is 9.59 Å². The van der Waals surface area contributed by atoms with Crippen LogP contribution in [-0.2, 0) is 9.59 Å². The van der Waals surface area contributed by atoms with Gasteiger partial charge in [0.05, 0.1) is 6.10 Å². The minimum Gasteiger partial charge on any atom is -0.387 e. The van der Waals surface area contributed by atoms with Crippen molar-refractivity contribution in [2.24, 2.45) is 0 Å². The van der Waals surface area contributed by atoms with Crippen molar-refractivity contribution in [3.63, 3.8) is 0 Å². The summed E-state index contributed by atoms with van der Waals surface area (Å²) in [5.41, 5.74) is 3.33. The standard InChI is InChI=1S/C20H22N2O3/c1-14-5-3-4-6-18(14)19(24)13-21-20(25)12-9-16-7-10-17(11-8-16)22-15(2)23/h3-12,19,24H,13H2,1-2H3,(H,21,25)(H,22,23)/b12-9+. The van der Waals surface area contributed by atoms with E-state index in [9.17, 15) is 14.7 Å². The fourth-order valence-electron chi connectivity index (χ4n) is 2.38. The maximum absolute atomic E-state index is 11.9. The van der Waals surface area contributed by atoms with Crippen molar-refractivity contribution in [2.75, 3.05) is 11.9 Å². The molecule has 0 saturated heterocycles. The van der Waals surface area contributed by atoms with Crippen LogP contribution in [0.3, 0.4) is 0 Å². The number of nitrogens with one attached hydrogen (secondary N) is 2. The van der Waals surface area contributed by atoms with Crippen molar-refractivity contribution in [3.05, 3.63) is 71.3 Å². The second kappa shape index (κ2) is 8.80. The van der Waals surface area contributed by atoms with Crippen LogP contribution in [0.4, 0.5) is 5.69 Å². The highest BCUT2D eigenvalue weighted by molar-refractivity contribution is 5.92. The molecule has 1 unspecified atom stereocenters. The number of anilines is 1. The summed E-state index contributed by atoms with van der Waals surface area (Å²) < 4.78 is 0. The minimum absolute atomic E-state index is 0.130. The molecule has 130 valence electrons. The van der Waals surface area contributed by atoms with E-state index >= 15 is 0 Å². The van der Waals surface area contributed by atoms with E-state index in [1.807, 2.05) is 31.2 Å². The zero-order valence-electron chi connectivity index (χ0n) is 14.3. The molecule has 0 aromatic heterocycles. The topological polar surface area (TPSA) is 78.4 Å². The highest BCUT2D eigenvalue weighted by Crippen LogP contribution is 2.16. The third kappa shape index (κ3) is 5.90. The fraction of sp³-hybridized carbons (Fsp3) is 0.200. The lowest BCUT2D eigenvalue weighted by molar-refractivity contribution is -0.117. The summed E-state index contributed by atoms with van der Waals surface area (Å²) >= 11 is 0. The molecule has 2 aromatic rings. The molecule has 0 aliphatic heterocycles. The van der Waals surface area contributed by atoms with Gasteiger partial charge in [-0.25, -0.2) is 0 Å². The van der Waals surface area contributed by atoms with Crippen molar-refractivity contribution in [3.8, 4) is 0 Å². The molecule has 0 aliphatic rings. The molecule has 0 bridgehead atoms. The average molecular weight is 338 g/mol. The lowest BCUT2D eigenvalue weighted by Crippen LogP contribution is -2.26. The van der Waals surface area contributed by atoms with Gasteiger partial charge >= 0.3 is 0 Å². The van der Waals surface area contributed by atoms with Crippen LogP contribution >= 0.6 is 0 Å². The molecule has 2 aromatic carbocycles. The van der Waals surface area contributed by atoms with Crippen LogP contribution in [0.2, 0.25) is 0 Å². The number of carbonyl (C=O) groups is 2. The van der Waals surface area contributed by atoms with Gasteiger partial charge in [0.25, 0.3) is 0 Å². The van der Waals surface area contributed by atoms with Gasteiger partial charge in [0.1, 0.15) is 0 Å². The van der Waals surface area contributed by atoms with E-state index in [-0.39, 0.29) is 18.4 Å². The molecule has 25 heavy (non-hydrogen) atoms. The maximum Gasteiger partial charge on any atom is 0.244 e. The quantitative estimate of drug-likeness (QED) is 0.709. The minimum atomic E-state index is -0.740. The molecule has 3 N–H and O–H groups in total. The lowest BCUT2D eigenvalue weighted by Gasteiger charge is -2.13. The Kier molecular flexibility index (Phi) is 6.48.